The fourth-order valence-electron chi connectivity index (χ4n) is 0.884. The van der Waals surface area contributed by atoms with Crippen LogP contribution in [0.5, 0.6) is 0 Å². The molecule has 1 aromatic heterocycles. The Morgan fingerprint density at radius 1 is 1.50 bits per heavy atom. The first kappa shape index (κ1) is 11.5. The van der Waals surface area contributed by atoms with Crippen molar-refractivity contribution in [1.29, 1.82) is 0 Å². The van der Waals surface area contributed by atoms with Gasteiger partial charge in [-0.1, -0.05) is 0 Å². The van der Waals surface area contributed by atoms with Crippen molar-refractivity contribution in [2.45, 2.75) is 12.2 Å². The molecule has 0 saturated carbocycles. The number of ether oxygens (including phenoxy) is 1. The van der Waals surface area contributed by atoms with Crippen LogP contribution < -0.4 is 5.73 Å². The topological polar surface area (TPSA) is 35.2 Å². The van der Waals surface area contributed by atoms with Crippen LogP contribution in [-0.2, 0) is 4.74 Å². The smallest absolute Gasteiger partial charge is 0.370 e. The van der Waals surface area contributed by atoms with Crippen LogP contribution >= 0.6 is 11.3 Å². The van der Waals surface area contributed by atoms with Gasteiger partial charge >= 0.3 is 6.18 Å². The standard InChI is InChI=1S/C8H10F3NOS/c9-8(10,11)5-13-3-7(12)6-1-2-14-4-6/h1-2,4,7H,3,5,12H2. The maximum absolute atomic E-state index is 11.7. The van der Waals surface area contributed by atoms with Crippen LogP contribution in [0.25, 0.3) is 0 Å². The number of hydrogen-bond donors (Lipinski definition) is 1. The molecule has 6 heteroatoms. The lowest BCUT2D eigenvalue weighted by Gasteiger charge is -2.12. The molecule has 0 saturated heterocycles. The maximum atomic E-state index is 11.7. The molecule has 0 bridgehead atoms. The molecule has 0 radical (unpaired) electrons. The third-order valence-corrected chi connectivity index (χ3v) is 2.24. The van der Waals surface area contributed by atoms with E-state index in [0.29, 0.717) is 0 Å². The minimum absolute atomic E-state index is 0.115. The summed E-state index contributed by atoms with van der Waals surface area (Å²) >= 11 is 1.45. The normalized spacial score (nSPS) is 14.3. The molecule has 0 spiro atoms. The van der Waals surface area contributed by atoms with Crippen LogP contribution in [0.2, 0.25) is 0 Å². The summed E-state index contributed by atoms with van der Waals surface area (Å²) in [7, 11) is 0. The van der Waals surface area contributed by atoms with E-state index in [0.717, 1.165) is 5.56 Å². The van der Waals surface area contributed by atoms with E-state index < -0.39 is 18.8 Å². The minimum Gasteiger partial charge on any atom is -0.370 e. The van der Waals surface area contributed by atoms with Gasteiger partial charge in [0.1, 0.15) is 6.61 Å². The zero-order valence-electron chi connectivity index (χ0n) is 7.25. The third kappa shape index (κ3) is 4.08. The molecule has 2 nitrogen and oxygen atoms in total. The van der Waals surface area contributed by atoms with E-state index in [1.54, 1.807) is 11.4 Å². The number of alkyl halides is 3. The molecule has 2 N–H and O–H groups in total. The Balaban J connectivity index is 2.26. The summed E-state index contributed by atoms with van der Waals surface area (Å²) < 4.78 is 39.5. The molecule has 0 aliphatic rings. The first-order valence-electron chi connectivity index (χ1n) is 3.91. The van der Waals surface area contributed by atoms with Gasteiger partial charge in [-0.15, -0.1) is 0 Å². The summed E-state index contributed by atoms with van der Waals surface area (Å²) in [6.45, 7) is -1.36. The molecule has 0 aromatic carbocycles. The van der Waals surface area contributed by atoms with Crippen molar-refractivity contribution in [2.24, 2.45) is 5.73 Å². The van der Waals surface area contributed by atoms with Gasteiger partial charge < -0.3 is 10.5 Å². The average molecular weight is 225 g/mol. The summed E-state index contributed by atoms with van der Waals surface area (Å²) in [5.74, 6) is 0. The number of nitrogens with two attached hydrogens (primary N) is 1. The summed E-state index contributed by atoms with van der Waals surface area (Å²) in [6, 6.07) is 1.29. The molecule has 1 unspecified atom stereocenters. The van der Waals surface area contributed by atoms with Crippen molar-refractivity contribution in [1.82, 2.24) is 0 Å². The lowest BCUT2D eigenvalue weighted by molar-refractivity contribution is -0.174. The highest BCUT2D eigenvalue weighted by Gasteiger charge is 2.27. The molecule has 0 fully saturated rings. The highest BCUT2D eigenvalue weighted by Crippen LogP contribution is 2.17. The summed E-state index contributed by atoms with van der Waals surface area (Å²) in [5, 5.41) is 3.61. The van der Waals surface area contributed by atoms with Gasteiger partial charge in [0, 0.05) is 0 Å². The van der Waals surface area contributed by atoms with Crippen LogP contribution in [0.1, 0.15) is 11.6 Å². The maximum Gasteiger partial charge on any atom is 0.411 e. The van der Waals surface area contributed by atoms with Crippen molar-refractivity contribution in [2.75, 3.05) is 13.2 Å². The van der Waals surface area contributed by atoms with Crippen LogP contribution in [0.3, 0.4) is 0 Å². The van der Waals surface area contributed by atoms with Crippen molar-refractivity contribution >= 4 is 11.3 Å². The quantitative estimate of drug-likeness (QED) is 0.853. The predicted molar refractivity (Wildman–Crippen MR) is 48.1 cm³/mol. The van der Waals surface area contributed by atoms with Gasteiger partial charge in [0.15, 0.2) is 0 Å². The van der Waals surface area contributed by atoms with Gasteiger partial charge in [-0.2, -0.15) is 24.5 Å². The van der Waals surface area contributed by atoms with Crippen molar-refractivity contribution in [3.8, 4) is 0 Å². The van der Waals surface area contributed by atoms with E-state index in [1.807, 2.05) is 5.38 Å². The summed E-state index contributed by atoms with van der Waals surface area (Å²) in [4.78, 5) is 0. The largest absolute Gasteiger partial charge is 0.411 e. The Labute approximate surface area is 83.5 Å². The monoisotopic (exact) mass is 225 g/mol. The van der Waals surface area contributed by atoms with Gasteiger partial charge in [-0.25, -0.2) is 0 Å². The Kier molecular flexibility index (Phi) is 3.91. The van der Waals surface area contributed by atoms with E-state index in [1.165, 1.54) is 11.3 Å². The first-order chi connectivity index (χ1) is 6.49. The van der Waals surface area contributed by atoms with Gasteiger partial charge in [0.05, 0.1) is 12.6 Å². The van der Waals surface area contributed by atoms with E-state index in [9.17, 15) is 13.2 Å². The fraction of sp³-hybridized carbons (Fsp3) is 0.500. The van der Waals surface area contributed by atoms with E-state index in [4.69, 9.17) is 5.73 Å². The molecule has 80 valence electrons. The van der Waals surface area contributed by atoms with Gasteiger partial charge in [0.2, 0.25) is 0 Å². The average Bonchev–Trinajstić information content (AvgIpc) is 2.53. The highest BCUT2D eigenvalue weighted by atomic mass is 32.1. The number of rotatable bonds is 4. The van der Waals surface area contributed by atoms with Crippen molar-refractivity contribution < 1.29 is 17.9 Å². The molecule has 14 heavy (non-hydrogen) atoms. The Morgan fingerprint density at radius 2 is 2.21 bits per heavy atom. The molecular formula is C8H10F3NOS. The van der Waals surface area contributed by atoms with E-state index >= 15 is 0 Å². The molecule has 1 aromatic rings. The van der Waals surface area contributed by atoms with Crippen molar-refractivity contribution in [3.05, 3.63) is 22.4 Å². The van der Waals surface area contributed by atoms with Crippen LogP contribution in [0.15, 0.2) is 16.8 Å². The van der Waals surface area contributed by atoms with Crippen molar-refractivity contribution in [3.63, 3.8) is 0 Å². The minimum atomic E-state index is -4.28. The summed E-state index contributed by atoms with van der Waals surface area (Å²) in [6.07, 6.45) is -4.28. The Bertz CT molecular complexity index is 260. The number of hydrogen-bond acceptors (Lipinski definition) is 3. The zero-order valence-corrected chi connectivity index (χ0v) is 8.07. The van der Waals surface area contributed by atoms with Gasteiger partial charge in [0.25, 0.3) is 0 Å². The van der Waals surface area contributed by atoms with Crippen LogP contribution in [0, 0.1) is 0 Å². The summed E-state index contributed by atoms with van der Waals surface area (Å²) in [5.41, 5.74) is 6.39. The zero-order chi connectivity index (χ0) is 10.6. The molecule has 1 rings (SSSR count). The van der Waals surface area contributed by atoms with E-state index in [-0.39, 0.29) is 6.61 Å². The fourth-order valence-corrected chi connectivity index (χ4v) is 1.61. The van der Waals surface area contributed by atoms with Gasteiger partial charge in [-0.3, -0.25) is 0 Å². The van der Waals surface area contributed by atoms with Crippen LogP contribution in [0.4, 0.5) is 13.2 Å². The van der Waals surface area contributed by atoms with Crippen LogP contribution in [-0.4, -0.2) is 19.4 Å². The lowest BCUT2D eigenvalue weighted by Crippen LogP contribution is -2.22. The number of halogens is 3. The first-order valence-corrected chi connectivity index (χ1v) is 4.85. The second-order valence-electron chi connectivity index (χ2n) is 2.79. The number of thiophene rings is 1. The second-order valence-corrected chi connectivity index (χ2v) is 3.57. The molecule has 1 atom stereocenters. The highest BCUT2D eigenvalue weighted by molar-refractivity contribution is 7.07. The van der Waals surface area contributed by atoms with Gasteiger partial charge in [-0.05, 0) is 22.4 Å². The third-order valence-electron chi connectivity index (χ3n) is 1.53. The second kappa shape index (κ2) is 4.77. The lowest BCUT2D eigenvalue weighted by atomic mass is 10.2. The molecular weight excluding hydrogens is 215 g/mol. The van der Waals surface area contributed by atoms with E-state index in [2.05, 4.69) is 4.74 Å². The molecule has 0 aliphatic heterocycles. The molecule has 0 amide bonds. The Hall–Kier alpha value is -0.590. The SMILES string of the molecule is NC(COCC(F)(F)F)c1ccsc1. The molecule has 0 aliphatic carbocycles. The Morgan fingerprint density at radius 3 is 2.71 bits per heavy atom. The molecule has 1 heterocycles. The predicted octanol–water partition coefficient (Wildman–Crippen LogP) is 2.33.